The van der Waals surface area contributed by atoms with Gasteiger partial charge < -0.3 is 10.2 Å². The Labute approximate surface area is 100.0 Å². The average Bonchev–Trinajstić information content (AvgIpc) is 2.57. The Kier molecular flexibility index (Phi) is 3.45. The summed E-state index contributed by atoms with van der Waals surface area (Å²) in [5.41, 5.74) is 7.23. The highest BCUT2D eigenvalue weighted by Gasteiger charge is 2.12. The van der Waals surface area contributed by atoms with E-state index in [4.69, 9.17) is 10.2 Å². The molecule has 0 fully saturated rings. The van der Waals surface area contributed by atoms with Gasteiger partial charge in [-0.05, 0) is 37.7 Å². The summed E-state index contributed by atoms with van der Waals surface area (Å²) in [6.07, 6.45) is 0. The molecule has 1 heterocycles. The minimum absolute atomic E-state index is 0.233. The average molecular weight is 236 g/mol. The lowest BCUT2D eigenvalue weighted by molar-refractivity contribution is 0.306. The van der Waals surface area contributed by atoms with Crippen LogP contribution in [0, 0.1) is 12.7 Å². The fourth-order valence-corrected chi connectivity index (χ4v) is 1.94. The zero-order valence-electron chi connectivity index (χ0n) is 10.2. The Morgan fingerprint density at radius 2 is 2.18 bits per heavy atom. The molecule has 0 atom stereocenters. The van der Waals surface area contributed by atoms with Gasteiger partial charge >= 0.3 is 0 Å². The van der Waals surface area contributed by atoms with Gasteiger partial charge in [-0.25, -0.2) is 4.39 Å². The standard InChI is InChI=1S/C13H17FN2O/c1-9-11-7-10(14)3-4-12(11)17-13(9)8-16(2)6-5-15/h3-4,7H,5-6,8,15H2,1-2H3. The molecule has 0 amide bonds. The quantitative estimate of drug-likeness (QED) is 0.885. The third-order valence-corrected chi connectivity index (χ3v) is 2.92. The highest BCUT2D eigenvalue weighted by atomic mass is 19.1. The van der Waals surface area contributed by atoms with E-state index in [1.165, 1.54) is 12.1 Å². The van der Waals surface area contributed by atoms with Crippen LogP contribution in [0.3, 0.4) is 0 Å². The monoisotopic (exact) mass is 236 g/mol. The molecule has 0 bridgehead atoms. The van der Waals surface area contributed by atoms with Gasteiger partial charge in [-0.15, -0.1) is 0 Å². The molecule has 1 aromatic carbocycles. The van der Waals surface area contributed by atoms with Crippen molar-refractivity contribution >= 4 is 11.0 Å². The fourth-order valence-electron chi connectivity index (χ4n) is 1.94. The molecule has 0 aliphatic heterocycles. The third-order valence-electron chi connectivity index (χ3n) is 2.92. The van der Waals surface area contributed by atoms with Crippen LogP contribution in [0.5, 0.6) is 0 Å². The maximum atomic E-state index is 13.1. The first-order chi connectivity index (χ1) is 8.11. The predicted octanol–water partition coefficient (Wildman–Crippen LogP) is 2.27. The van der Waals surface area contributed by atoms with Crippen molar-refractivity contribution < 1.29 is 8.81 Å². The highest BCUT2D eigenvalue weighted by molar-refractivity contribution is 5.82. The van der Waals surface area contributed by atoms with E-state index in [1.54, 1.807) is 6.07 Å². The normalized spacial score (nSPS) is 11.6. The molecule has 17 heavy (non-hydrogen) atoms. The SMILES string of the molecule is Cc1c(CN(C)CCN)oc2ccc(F)cc12. The van der Waals surface area contributed by atoms with E-state index in [1.807, 2.05) is 14.0 Å². The van der Waals surface area contributed by atoms with E-state index in [2.05, 4.69) is 4.90 Å². The summed E-state index contributed by atoms with van der Waals surface area (Å²) in [4.78, 5) is 2.08. The van der Waals surface area contributed by atoms with Crippen LogP contribution in [0.25, 0.3) is 11.0 Å². The molecule has 2 rings (SSSR count). The van der Waals surface area contributed by atoms with Gasteiger partial charge in [0.05, 0.1) is 6.54 Å². The maximum absolute atomic E-state index is 13.1. The topological polar surface area (TPSA) is 42.4 Å². The van der Waals surface area contributed by atoms with Crippen molar-refractivity contribution in [3.05, 3.63) is 35.3 Å². The van der Waals surface area contributed by atoms with Crippen molar-refractivity contribution in [1.82, 2.24) is 4.90 Å². The van der Waals surface area contributed by atoms with Crippen LogP contribution in [-0.4, -0.2) is 25.0 Å². The van der Waals surface area contributed by atoms with Crippen molar-refractivity contribution in [1.29, 1.82) is 0 Å². The second-order valence-corrected chi connectivity index (χ2v) is 4.32. The van der Waals surface area contributed by atoms with Gasteiger partial charge in [-0.3, -0.25) is 4.90 Å². The second-order valence-electron chi connectivity index (χ2n) is 4.32. The van der Waals surface area contributed by atoms with Crippen LogP contribution in [-0.2, 0) is 6.54 Å². The number of hydrogen-bond acceptors (Lipinski definition) is 3. The number of benzene rings is 1. The lowest BCUT2D eigenvalue weighted by Crippen LogP contribution is -2.25. The van der Waals surface area contributed by atoms with E-state index in [9.17, 15) is 4.39 Å². The molecule has 1 aromatic heterocycles. The van der Waals surface area contributed by atoms with E-state index in [0.717, 1.165) is 28.8 Å². The number of halogens is 1. The molecule has 92 valence electrons. The molecule has 2 aromatic rings. The minimum atomic E-state index is -0.233. The Morgan fingerprint density at radius 1 is 1.41 bits per heavy atom. The molecule has 0 radical (unpaired) electrons. The molecule has 0 saturated heterocycles. The molecule has 4 heteroatoms. The first kappa shape index (κ1) is 12.1. The summed E-state index contributed by atoms with van der Waals surface area (Å²) < 4.78 is 18.9. The Balaban J connectivity index is 2.32. The molecule has 0 aliphatic rings. The van der Waals surface area contributed by atoms with Crippen LogP contribution < -0.4 is 5.73 Å². The molecule has 2 N–H and O–H groups in total. The van der Waals surface area contributed by atoms with Gasteiger partial charge in [0.2, 0.25) is 0 Å². The number of fused-ring (bicyclic) bond motifs is 1. The predicted molar refractivity (Wildman–Crippen MR) is 66.3 cm³/mol. The van der Waals surface area contributed by atoms with E-state index in [0.29, 0.717) is 13.1 Å². The van der Waals surface area contributed by atoms with Gasteiger partial charge in [-0.2, -0.15) is 0 Å². The number of likely N-dealkylation sites (N-methyl/N-ethyl adjacent to an activating group) is 1. The lowest BCUT2D eigenvalue weighted by Gasteiger charge is -2.13. The largest absolute Gasteiger partial charge is 0.459 e. The summed E-state index contributed by atoms with van der Waals surface area (Å²) in [5.74, 6) is 0.643. The third kappa shape index (κ3) is 2.48. The molecule has 0 aliphatic carbocycles. The van der Waals surface area contributed by atoms with Crippen molar-refractivity contribution in [2.75, 3.05) is 20.1 Å². The first-order valence-electron chi connectivity index (χ1n) is 5.68. The smallest absolute Gasteiger partial charge is 0.134 e. The van der Waals surface area contributed by atoms with Crippen LogP contribution in [0.15, 0.2) is 22.6 Å². The Morgan fingerprint density at radius 3 is 2.88 bits per heavy atom. The number of hydrogen-bond donors (Lipinski definition) is 1. The van der Waals surface area contributed by atoms with Crippen molar-refractivity contribution in [2.24, 2.45) is 5.73 Å². The Bertz CT molecular complexity index is 521. The second kappa shape index (κ2) is 4.85. The molecule has 0 unspecified atom stereocenters. The lowest BCUT2D eigenvalue weighted by atomic mass is 10.1. The van der Waals surface area contributed by atoms with Crippen LogP contribution in [0.2, 0.25) is 0 Å². The van der Waals surface area contributed by atoms with Gasteiger partial charge in [0, 0.05) is 18.5 Å². The first-order valence-corrected chi connectivity index (χ1v) is 5.68. The van der Waals surface area contributed by atoms with Crippen LogP contribution in [0.1, 0.15) is 11.3 Å². The van der Waals surface area contributed by atoms with E-state index < -0.39 is 0 Å². The fraction of sp³-hybridized carbons (Fsp3) is 0.385. The van der Waals surface area contributed by atoms with Gasteiger partial charge in [0.25, 0.3) is 0 Å². The van der Waals surface area contributed by atoms with Gasteiger partial charge in [-0.1, -0.05) is 0 Å². The summed E-state index contributed by atoms with van der Waals surface area (Å²) in [7, 11) is 1.99. The molecule has 3 nitrogen and oxygen atoms in total. The molecular weight excluding hydrogens is 219 g/mol. The maximum Gasteiger partial charge on any atom is 0.134 e. The van der Waals surface area contributed by atoms with E-state index >= 15 is 0 Å². The number of furan rings is 1. The van der Waals surface area contributed by atoms with Crippen molar-refractivity contribution in [2.45, 2.75) is 13.5 Å². The van der Waals surface area contributed by atoms with Gasteiger partial charge in [0.1, 0.15) is 17.2 Å². The summed E-state index contributed by atoms with van der Waals surface area (Å²) in [5, 5.41) is 0.848. The molecular formula is C13H17FN2O. The highest BCUT2D eigenvalue weighted by Crippen LogP contribution is 2.26. The minimum Gasteiger partial charge on any atom is -0.459 e. The molecule has 0 spiro atoms. The number of aryl methyl sites for hydroxylation is 1. The van der Waals surface area contributed by atoms with Crippen molar-refractivity contribution in [3.8, 4) is 0 Å². The van der Waals surface area contributed by atoms with E-state index in [-0.39, 0.29) is 5.82 Å². The van der Waals surface area contributed by atoms with Crippen molar-refractivity contribution in [3.63, 3.8) is 0 Å². The van der Waals surface area contributed by atoms with Crippen LogP contribution in [0.4, 0.5) is 4.39 Å². The van der Waals surface area contributed by atoms with Gasteiger partial charge in [0.15, 0.2) is 0 Å². The zero-order chi connectivity index (χ0) is 12.4. The number of nitrogens with two attached hydrogens (primary N) is 1. The number of rotatable bonds is 4. The molecule has 0 saturated carbocycles. The summed E-state index contributed by atoms with van der Waals surface area (Å²) >= 11 is 0. The zero-order valence-corrected chi connectivity index (χ0v) is 10.2. The number of nitrogens with zero attached hydrogens (tertiary/aromatic N) is 1. The summed E-state index contributed by atoms with van der Waals surface area (Å²) in [6.45, 7) is 4.07. The van der Waals surface area contributed by atoms with Crippen LogP contribution >= 0.6 is 0 Å². The Hall–Kier alpha value is -1.39. The summed E-state index contributed by atoms with van der Waals surface area (Å²) in [6, 6.07) is 4.60.